The fourth-order valence-electron chi connectivity index (χ4n) is 3.29. The predicted octanol–water partition coefficient (Wildman–Crippen LogP) is 5.59. The molecule has 162 valence electrons. The van der Waals surface area contributed by atoms with E-state index in [0.29, 0.717) is 27.6 Å². The van der Waals surface area contributed by atoms with Gasteiger partial charge < -0.3 is 4.74 Å². The van der Waals surface area contributed by atoms with Crippen LogP contribution < -0.4 is 4.74 Å². The van der Waals surface area contributed by atoms with Crippen molar-refractivity contribution in [3.05, 3.63) is 106 Å². The van der Waals surface area contributed by atoms with Gasteiger partial charge in [-0.15, -0.1) is 0 Å². The van der Waals surface area contributed by atoms with Gasteiger partial charge in [0, 0.05) is 16.1 Å². The van der Waals surface area contributed by atoms with Crippen LogP contribution in [0.4, 0.5) is 0 Å². The lowest BCUT2D eigenvalue weighted by molar-refractivity contribution is -0.114. The lowest BCUT2D eigenvalue weighted by Gasteiger charge is -2.20. The van der Waals surface area contributed by atoms with Crippen molar-refractivity contribution in [3.8, 4) is 5.75 Å². The number of fused-ring (bicyclic) bond motifs is 1. The SMILES string of the molecule is N=C1C(=Cc2ccc(OCc3ccccc3Cl)cc2)C(=O)N=C2SC(c3ccccc3)=NN12. The van der Waals surface area contributed by atoms with Gasteiger partial charge in [0.15, 0.2) is 5.84 Å². The van der Waals surface area contributed by atoms with Crippen LogP contribution in [0.1, 0.15) is 16.7 Å². The van der Waals surface area contributed by atoms with Crippen LogP contribution in [0.2, 0.25) is 5.02 Å². The molecular weight excluding hydrogens is 456 g/mol. The molecule has 5 rings (SSSR count). The molecule has 0 radical (unpaired) electrons. The molecule has 3 aromatic rings. The maximum atomic E-state index is 12.6. The summed E-state index contributed by atoms with van der Waals surface area (Å²) in [6.07, 6.45) is 1.64. The van der Waals surface area contributed by atoms with E-state index < -0.39 is 5.91 Å². The molecule has 2 aliphatic rings. The molecule has 2 heterocycles. The van der Waals surface area contributed by atoms with E-state index in [4.69, 9.17) is 21.7 Å². The molecule has 0 saturated carbocycles. The van der Waals surface area contributed by atoms with Gasteiger partial charge in [-0.3, -0.25) is 10.2 Å². The Kier molecular flexibility index (Phi) is 5.81. The summed E-state index contributed by atoms with van der Waals surface area (Å²) in [4.78, 5) is 16.8. The fourth-order valence-corrected chi connectivity index (χ4v) is 4.38. The van der Waals surface area contributed by atoms with Crippen molar-refractivity contribution >= 4 is 51.4 Å². The van der Waals surface area contributed by atoms with Crippen molar-refractivity contribution in [2.75, 3.05) is 0 Å². The van der Waals surface area contributed by atoms with E-state index in [0.717, 1.165) is 16.7 Å². The minimum absolute atomic E-state index is 0.00229. The number of amidine groups is 2. The number of nitrogens with zero attached hydrogens (tertiary/aromatic N) is 3. The third-order valence-corrected chi connectivity index (χ3v) is 6.34. The van der Waals surface area contributed by atoms with E-state index in [9.17, 15) is 4.79 Å². The smallest absolute Gasteiger partial charge is 0.283 e. The Labute approximate surface area is 199 Å². The summed E-state index contributed by atoms with van der Waals surface area (Å²) in [6, 6.07) is 24.4. The first kappa shape index (κ1) is 21.2. The number of carbonyl (C=O) groups excluding carboxylic acids is 1. The van der Waals surface area contributed by atoms with Crippen LogP contribution in [-0.2, 0) is 11.4 Å². The third kappa shape index (κ3) is 4.46. The van der Waals surface area contributed by atoms with Crippen LogP contribution in [0.15, 0.2) is 94.5 Å². The molecule has 8 heteroatoms. The van der Waals surface area contributed by atoms with E-state index in [1.165, 1.54) is 16.8 Å². The number of hydrogen-bond acceptors (Lipinski definition) is 5. The highest BCUT2D eigenvalue weighted by Gasteiger charge is 2.35. The van der Waals surface area contributed by atoms with Gasteiger partial charge in [0.2, 0.25) is 5.17 Å². The van der Waals surface area contributed by atoms with Crippen LogP contribution >= 0.6 is 23.4 Å². The van der Waals surface area contributed by atoms with Crippen LogP contribution in [0.25, 0.3) is 6.08 Å². The number of halogens is 1. The van der Waals surface area contributed by atoms with Gasteiger partial charge in [-0.2, -0.15) is 15.1 Å². The number of hydrazone groups is 1. The lowest BCUT2D eigenvalue weighted by atomic mass is 10.1. The van der Waals surface area contributed by atoms with Crippen molar-refractivity contribution in [3.63, 3.8) is 0 Å². The number of carbonyl (C=O) groups is 1. The second-order valence-corrected chi connectivity index (χ2v) is 8.60. The predicted molar refractivity (Wildman–Crippen MR) is 133 cm³/mol. The number of nitrogens with one attached hydrogen (secondary N) is 1. The Morgan fingerprint density at radius 3 is 2.48 bits per heavy atom. The number of ether oxygens (including phenoxy) is 1. The van der Waals surface area contributed by atoms with Gasteiger partial charge in [-0.1, -0.05) is 72.3 Å². The van der Waals surface area contributed by atoms with Crippen molar-refractivity contribution in [2.45, 2.75) is 6.61 Å². The van der Waals surface area contributed by atoms with Crippen molar-refractivity contribution in [2.24, 2.45) is 10.1 Å². The van der Waals surface area contributed by atoms with E-state index in [-0.39, 0.29) is 11.4 Å². The molecule has 1 amide bonds. The quantitative estimate of drug-likeness (QED) is 0.491. The highest BCUT2D eigenvalue weighted by molar-refractivity contribution is 8.27. The zero-order chi connectivity index (χ0) is 22.8. The summed E-state index contributed by atoms with van der Waals surface area (Å²) in [5, 5.41) is 16.2. The summed E-state index contributed by atoms with van der Waals surface area (Å²) in [5.41, 5.74) is 2.75. The Morgan fingerprint density at radius 2 is 1.73 bits per heavy atom. The van der Waals surface area contributed by atoms with E-state index in [1.54, 1.807) is 6.08 Å². The largest absolute Gasteiger partial charge is 0.489 e. The molecule has 0 fully saturated rings. The lowest BCUT2D eigenvalue weighted by Crippen LogP contribution is -2.35. The number of thioether (sulfide) groups is 1. The molecule has 0 unspecified atom stereocenters. The minimum atomic E-state index is -0.456. The van der Waals surface area contributed by atoms with Gasteiger partial charge in [-0.25, -0.2) is 0 Å². The summed E-state index contributed by atoms with van der Waals surface area (Å²) >= 11 is 7.45. The number of amides is 1. The Hall–Kier alpha value is -3.68. The van der Waals surface area contributed by atoms with E-state index in [1.807, 2.05) is 78.9 Å². The van der Waals surface area contributed by atoms with Crippen LogP contribution in [0, 0.1) is 5.41 Å². The molecule has 0 atom stereocenters. The van der Waals surface area contributed by atoms with E-state index >= 15 is 0 Å². The Balaban J connectivity index is 1.32. The summed E-state index contributed by atoms with van der Waals surface area (Å²) in [5.74, 6) is 0.222. The summed E-state index contributed by atoms with van der Waals surface area (Å²) < 4.78 is 5.81. The summed E-state index contributed by atoms with van der Waals surface area (Å²) in [7, 11) is 0. The van der Waals surface area contributed by atoms with Crippen LogP contribution in [-0.4, -0.2) is 27.0 Å². The van der Waals surface area contributed by atoms with E-state index in [2.05, 4.69) is 10.1 Å². The first-order valence-electron chi connectivity index (χ1n) is 10.1. The molecule has 0 bridgehead atoms. The number of aliphatic imine (C=N–C) groups is 1. The molecule has 0 spiro atoms. The topological polar surface area (TPSA) is 78.1 Å². The van der Waals surface area contributed by atoms with Gasteiger partial charge in [0.1, 0.15) is 17.4 Å². The normalized spacial score (nSPS) is 16.5. The Bertz CT molecular complexity index is 1330. The molecule has 2 aliphatic heterocycles. The summed E-state index contributed by atoms with van der Waals surface area (Å²) in [6.45, 7) is 0.356. The average Bonchev–Trinajstić information content (AvgIpc) is 3.27. The highest BCUT2D eigenvalue weighted by Crippen LogP contribution is 2.31. The zero-order valence-corrected chi connectivity index (χ0v) is 18.8. The molecule has 0 aliphatic carbocycles. The standard InChI is InChI=1S/C25H17ClN4O2S/c26-21-9-5-4-8-18(21)15-32-19-12-10-16(11-13-19)14-20-22(27)30-25(28-23(20)31)33-24(29-30)17-6-2-1-3-7-17/h1-14,27H,15H2. The molecule has 33 heavy (non-hydrogen) atoms. The Morgan fingerprint density at radius 1 is 1.00 bits per heavy atom. The van der Waals surface area contributed by atoms with Gasteiger partial charge in [0.05, 0.1) is 5.57 Å². The molecule has 0 saturated heterocycles. The number of rotatable bonds is 5. The van der Waals surface area contributed by atoms with Crippen LogP contribution in [0.3, 0.4) is 0 Å². The van der Waals surface area contributed by atoms with Gasteiger partial charge in [-0.05, 0) is 41.6 Å². The third-order valence-electron chi connectivity index (χ3n) is 5.02. The zero-order valence-electron chi connectivity index (χ0n) is 17.2. The van der Waals surface area contributed by atoms with Crippen molar-refractivity contribution in [1.82, 2.24) is 5.01 Å². The second-order valence-electron chi connectivity index (χ2n) is 7.24. The van der Waals surface area contributed by atoms with Crippen molar-refractivity contribution < 1.29 is 9.53 Å². The van der Waals surface area contributed by atoms with Crippen molar-refractivity contribution in [1.29, 1.82) is 5.41 Å². The maximum Gasteiger partial charge on any atom is 0.283 e. The number of hydrogen-bond donors (Lipinski definition) is 1. The first-order chi connectivity index (χ1) is 16.1. The van der Waals surface area contributed by atoms with Crippen LogP contribution in [0.5, 0.6) is 5.75 Å². The minimum Gasteiger partial charge on any atom is -0.489 e. The van der Waals surface area contributed by atoms with Gasteiger partial charge >= 0.3 is 0 Å². The number of benzene rings is 3. The maximum absolute atomic E-state index is 12.6. The molecular formula is C25H17ClN4O2S. The molecule has 6 nitrogen and oxygen atoms in total. The monoisotopic (exact) mass is 472 g/mol. The first-order valence-corrected chi connectivity index (χ1v) is 11.3. The second kappa shape index (κ2) is 9.05. The van der Waals surface area contributed by atoms with Gasteiger partial charge in [0.25, 0.3) is 5.91 Å². The molecule has 0 aromatic heterocycles. The average molecular weight is 473 g/mol. The fraction of sp³-hybridized carbons (Fsp3) is 0.0400. The molecule has 1 N–H and O–H groups in total. The highest BCUT2D eigenvalue weighted by atomic mass is 35.5. The molecule has 3 aromatic carbocycles.